The van der Waals surface area contributed by atoms with Crippen molar-refractivity contribution in [3.63, 3.8) is 0 Å². The van der Waals surface area contributed by atoms with Crippen LogP contribution in [0.25, 0.3) is 0 Å². The predicted octanol–water partition coefficient (Wildman–Crippen LogP) is 5.98. The average molecular weight is 441 g/mol. The molecule has 4 heteroatoms. The van der Waals surface area contributed by atoms with Crippen molar-refractivity contribution < 1.29 is 14.3 Å². The average Bonchev–Trinajstić information content (AvgIpc) is 3.22. The van der Waals surface area contributed by atoms with Crippen LogP contribution in [-0.4, -0.2) is 19.0 Å². The van der Waals surface area contributed by atoms with Gasteiger partial charge in [-0.15, -0.1) is 0 Å². The molecule has 0 aromatic heterocycles. The van der Waals surface area contributed by atoms with Crippen molar-refractivity contribution in [3.05, 3.63) is 70.2 Å². The molecule has 3 nitrogen and oxygen atoms in total. The van der Waals surface area contributed by atoms with E-state index in [2.05, 4.69) is 58.4 Å². The Bertz CT molecular complexity index is 881. The monoisotopic (exact) mass is 440 g/mol. The van der Waals surface area contributed by atoms with Crippen LogP contribution < -0.4 is 9.47 Å². The van der Waals surface area contributed by atoms with Gasteiger partial charge in [-0.05, 0) is 73.6 Å². The van der Waals surface area contributed by atoms with Crippen LogP contribution in [0.4, 0.5) is 0 Å². The fourth-order valence-electron chi connectivity index (χ4n) is 4.35. The lowest BCUT2D eigenvalue weighted by atomic mass is 9.68. The molecular weight excluding hydrogens is 416 g/mol. The first-order valence-corrected chi connectivity index (χ1v) is 10.7. The highest BCUT2D eigenvalue weighted by molar-refractivity contribution is 9.10. The van der Waals surface area contributed by atoms with Gasteiger partial charge in [0.25, 0.3) is 0 Å². The van der Waals surface area contributed by atoms with Crippen LogP contribution in [0.5, 0.6) is 11.5 Å². The van der Waals surface area contributed by atoms with E-state index in [4.69, 9.17) is 9.47 Å². The van der Waals surface area contributed by atoms with Gasteiger partial charge in [0, 0.05) is 16.3 Å². The molecule has 2 aliphatic rings. The summed E-state index contributed by atoms with van der Waals surface area (Å²) in [6.07, 6.45) is 9.98. The summed E-state index contributed by atoms with van der Waals surface area (Å²) in [6, 6.07) is 14.6. The summed E-state index contributed by atoms with van der Waals surface area (Å²) in [7, 11) is 1.68. The van der Waals surface area contributed by atoms with Crippen molar-refractivity contribution in [2.45, 2.75) is 50.0 Å². The van der Waals surface area contributed by atoms with E-state index in [9.17, 15) is 4.79 Å². The highest BCUT2D eigenvalue weighted by atomic mass is 79.9. The van der Waals surface area contributed by atoms with Crippen LogP contribution >= 0.6 is 15.9 Å². The van der Waals surface area contributed by atoms with Gasteiger partial charge in [-0.2, -0.15) is 0 Å². The molecule has 2 aliphatic carbocycles. The Morgan fingerprint density at radius 3 is 2.36 bits per heavy atom. The zero-order valence-corrected chi connectivity index (χ0v) is 17.7. The molecule has 0 aliphatic heterocycles. The molecule has 0 radical (unpaired) electrons. The second-order valence-electron chi connectivity index (χ2n) is 7.67. The lowest BCUT2D eigenvalue weighted by Crippen LogP contribution is -2.29. The van der Waals surface area contributed by atoms with Crippen molar-refractivity contribution >= 4 is 21.7 Å². The predicted molar refractivity (Wildman–Crippen MR) is 114 cm³/mol. The van der Waals surface area contributed by atoms with Gasteiger partial charge in [0.1, 0.15) is 0 Å². The molecule has 1 saturated carbocycles. The van der Waals surface area contributed by atoms with Gasteiger partial charge in [0.2, 0.25) is 0 Å². The molecule has 0 spiro atoms. The van der Waals surface area contributed by atoms with Crippen molar-refractivity contribution in [3.8, 4) is 11.5 Å². The molecule has 28 heavy (non-hydrogen) atoms. The topological polar surface area (TPSA) is 35.5 Å². The minimum absolute atomic E-state index is 0.184. The molecule has 2 aromatic carbocycles. The maximum Gasteiger partial charge on any atom is 0.161 e. The summed E-state index contributed by atoms with van der Waals surface area (Å²) in [5, 5.41) is 0. The molecule has 0 heterocycles. The Labute approximate surface area is 174 Å². The molecule has 2 aromatic rings. The highest BCUT2D eigenvalue weighted by Crippen LogP contribution is 2.44. The van der Waals surface area contributed by atoms with Gasteiger partial charge in [-0.3, -0.25) is 4.79 Å². The Balaban J connectivity index is 1.79. The molecule has 146 valence electrons. The van der Waals surface area contributed by atoms with E-state index in [1.807, 2.05) is 6.07 Å². The lowest BCUT2D eigenvalue weighted by Gasteiger charge is -2.35. The number of hydrogen-bond donors (Lipinski definition) is 0. The number of halogens is 1. The number of allylic oxidation sites excluding steroid dienone is 2. The highest BCUT2D eigenvalue weighted by Gasteiger charge is 2.35. The molecule has 1 atom stereocenters. The number of rotatable bonds is 5. The van der Waals surface area contributed by atoms with Gasteiger partial charge >= 0.3 is 0 Å². The van der Waals surface area contributed by atoms with Crippen molar-refractivity contribution in [2.75, 3.05) is 7.11 Å². The first kappa shape index (κ1) is 19.3. The van der Waals surface area contributed by atoms with E-state index in [0.29, 0.717) is 6.42 Å². The molecule has 1 fully saturated rings. The summed E-state index contributed by atoms with van der Waals surface area (Å²) in [5.74, 6) is 1.75. The Morgan fingerprint density at radius 1 is 1.00 bits per heavy atom. The first-order chi connectivity index (χ1) is 13.6. The third-order valence-corrected chi connectivity index (χ3v) is 6.48. The number of ketones is 1. The third-order valence-electron chi connectivity index (χ3n) is 5.95. The zero-order valence-electron chi connectivity index (χ0n) is 16.1. The van der Waals surface area contributed by atoms with Crippen LogP contribution in [-0.2, 0) is 10.2 Å². The maximum absolute atomic E-state index is 11.9. The van der Waals surface area contributed by atoms with E-state index in [1.54, 1.807) is 13.2 Å². The van der Waals surface area contributed by atoms with Crippen LogP contribution in [0.3, 0.4) is 0 Å². The third kappa shape index (κ3) is 3.75. The molecule has 0 N–H and O–H groups in total. The van der Waals surface area contributed by atoms with E-state index in [-0.39, 0.29) is 17.3 Å². The summed E-state index contributed by atoms with van der Waals surface area (Å²) in [6.45, 7) is 0. The molecular formula is C24H25BrO3. The lowest BCUT2D eigenvalue weighted by molar-refractivity contribution is -0.115. The van der Waals surface area contributed by atoms with Crippen molar-refractivity contribution in [2.24, 2.45) is 0 Å². The minimum atomic E-state index is -0.339. The Morgan fingerprint density at radius 2 is 1.71 bits per heavy atom. The fraction of sp³-hybridized carbons (Fsp3) is 0.375. The zero-order chi connectivity index (χ0) is 19.6. The molecule has 4 rings (SSSR count). The Hall–Kier alpha value is -2.07. The number of carbonyl (C=O) groups excluding carboxylic acids is 1. The molecule has 0 saturated heterocycles. The number of benzene rings is 2. The Kier molecular flexibility index (Phi) is 5.58. The quantitative estimate of drug-likeness (QED) is 0.572. The summed E-state index contributed by atoms with van der Waals surface area (Å²) in [5.41, 5.74) is 1.97. The van der Waals surface area contributed by atoms with Crippen LogP contribution in [0.2, 0.25) is 0 Å². The van der Waals surface area contributed by atoms with Crippen molar-refractivity contribution in [1.82, 2.24) is 0 Å². The van der Waals surface area contributed by atoms with E-state index in [1.165, 1.54) is 18.4 Å². The van der Waals surface area contributed by atoms with E-state index in [0.717, 1.165) is 40.8 Å². The maximum atomic E-state index is 11.9. The number of ether oxygens (including phenoxy) is 2. The largest absolute Gasteiger partial charge is 0.493 e. The van der Waals surface area contributed by atoms with E-state index >= 15 is 0 Å². The van der Waals surface area contributed by atoms with Crippen molar-refractivity contribution in [1.29, 1.82) is 0 Å². The SMILES string of the molecule is COc1ccc([C@@]2(c3ccc(Br)cc3)C=CC(=O)CC2)cc1OC1CCCC1. The van der Waals surface area contributed by atoms with Gasteiger partial charge in [0.15, 0.2) is 17.3 Å². The van der Waals surface area contributed by atoms with Gasteiger partial charge in [-0.1, -0.05) is 40.2 Å². The second kappa shape index (κ2) is 8.12. The number of carbonyl (C=O) groups is 1. The van der Waals surface area contributed by atoms with Gasteiger partial charge in [0.05, 0.1) is 13.2 Å². The first-order valence-electron chi connectivity index (χ1n) is 9.94. The van der Waals surface area contributed by atoms with Gasteiger partial charge in [-0.25, -0.2) is 0 Å². The fourth-order valence-corrected chi connectivity index (χ4v) is 4.61. The van der Waals surface area contributed by atoms with Crippen LogP contribution in [0.1, 0.15) is 49.7 Å². The smallest absolute Gasteiger partial charge is 0.161 e. The number of hydrogen-bond acceptors (Lipinski definition) is 3. The standard InChI is InChI=1S/C24H25BrO3/c1-27-22-11-8-18(16-23(22)28-21-4-2-3-5-21)24(14-12-20(26)13-15-24)17-6-9-19(25)10-7-17/h6-12,14,16,21H,2-5,13,15H2,1H3/t24-/m0/s1. The normalized spacial score (nSPS) is 22.4. The van der Waals surface area contributed by atoms with Crippen LogP contribution in [0.15, 0.2) is 59.1 Å². The summed E-state index contributed by atoms with van der Waals surface area (Å²) < 4.78 is 12.9. The van der Waals surface area contributed by atoms with Gasteiger partial charge < -0.3 is 9.47 Å². The van der Waals surface area contributed by atoms with E-state index < -0.39 is 0 Å². The summed E-state index contributed by atoms with van der Waals surface area (Å²) in [4.78, 5) is 11.9. The second-order valence-corrected chi connectivity index (χ2v) is 8.58. The molecule has 0 unspecified atom stereocenters. The number of methoxy groups -OCH3 is 1. The summed E-state index contributed by atoms with van der Waals surface area (Å²) >= 11 is 3.52. The minimum Gasteiger partial charge on any atom is -0.493 e. The molecule has 0 amide bonds. The molecule has 0 bridgehead atoms. The van der Waals surface area contributed by atoms with Crippen LogP contribution in [0, 0.1) is 0 Å².